The molecule has 124 valence electrons. The van der Waals surface area contributed by atoms with Crippen molar-refractivity contribution in [2.24, 2.45) is 11.8 Å². The van der Waals surface area contributed by atoms with E-state index in [2.05, 4.69) is 0 Å². The van der Waals surface area contributed by atoms with Gasteiger partial charge in [0.1, 0.15) is 0 Å². The van der Waals surface area contributed by atoms with Crippen LogP contribution in [0.25, 0.3) is 0 Å². The number of hydrogen-bond donors (Lipinski definition) is 0. The Labute approximate surface area is 128 Å². The minimum atomic E-state index is 0.477. The summed E-state index contributed by atoms with van der Waals surface area (Å²) in [7, 11) is 0. The first-order valence-electron chi connectivity index (χ1n) is 8.31. The summed E-state index contributed by atoms with van der Waals surface area (Å²) in [6.45, 7) is 9.80. The molecule has 2 aliphatic rings. The second-order valence-electron chi connectivity index (χ2n) is 5.75. The summed E-state index contributed by atoms with van der Waals surface area (Å²) < 4.78 is 27.8. The summed E-state index contributed by atoms with van der Waals surface area (Å²) in [5, 5.41) is 0. The van der Waals surface area contributed by atoms with E-state index in [1.54, 1.807) is 0 Å². The smallest absolute Gasteiger partial charge is 0.0845 e. The molecule has 0 N–H and O–H groups in total. The van der Waals surface area contributed by atoms with E-state index in [-0.39, 0.29) is 0 Å². The first kappa shape index (κ1) is 17.2. The van der Waals surface area contributed by atoms with E-state index in [9.17, 15) is 0 Å². The van der Waals surface area contributed by atoms with Crippen LogP contribution in [0.3, 0.4) is 0 Å². The van der Waals surface area contributed by atoms with Crippen LogP contribution in [0.5, 0.6) is 0 Å². The molecule has 4 atom stereocenters. The molecular weight excluding hydrogens is 272 g/mol. The third kappa shape index (κ3) is 6.20. The van der Waals surface area contributed by atoms with Crippen molar-refractivity contribution in [2.75, 3.05) is 52.9 Å². The Morgan fingerprint density at radius 1 is 0.714 bits per heavy atom. The van der Waals surface area contributed by atoms with Crippen molar-refractivity contribution in [3.63, 3.8) is 0 Å². The Morgan fingerprint density at radius 3 is 1.57 bits per heavy atom. The van der Waals surface area contributed by atoms with Crippen molar-refractivity contribution in [3.05, 3.63) is 0 Å². The van der Waals surface area contributed by atoms with Crippen LogP contribution >= 0.6 is 0 Å². The van der Waals surface area contributed by atoms with E-state index >= 15 is 0 Å². The standard InChI is InChI=1S/C16H30O5/c1-3-17-5-7-19-11-13-9-15-16(21-15)10-14(13)12-20-8-6-18-4-2/h13-16H,3-12H2,1-2H3. The molecule has 2 fully saturated rings. The summed E-state index contributed by atoms with van der Waals surface area (Å²) in [6.07, 6.45) is 3.17. The molecule has 1 saturated heterocycles. The lowest BCUT2D eigenvalue weighted by Gasteiger charge is -2.29. The zero-order chi connectivity index (χ0) is 14.9. The molecule has 0 aromatic carbocycles. The second kappa shape index (κ2) is 9.74. The van der Waals surface area contributed by atoms with E-state index < -0.39 is 0 Å². The Balaban J connectivity index is 1.61. The number of hydrogen-bond acceptors (Lipinski definition) is 5. The minimum Gasteiger partial charge on any atom is -0.379 e. The fourth-order valence-corrected chi connectivity index (χ4v) is 2.98. The second-order valence-corrected chi connectivity index (χ2v) is 5.75. The van der Waals surface area contributed by atoms with Gasteiger partial charge in [-0.15, -0.1) is 0 Å². The fourth-order valence-electron chi connectivity index (χ4n) is 2.98. The lowest BCUT2D eigenvalue weighted by Crippen LogP contribution is -2.32. The topological polar surface area (TPSA) is 49.5 Å². The van der Waals surface area contributed by atoms with Gasteiger partial charge in [-0.3, -0.25) is 0 Å². The Morgan fingerprint density at radius 2 is 1.14 bits per heavy atom. The summed E-state index contributed by atoms with van der Waals surface area (Å²) in [6, 6.07) is 0. The van der Waals surface area contributed by atoms with Gasteiger partial charge in [0.15, 0.2) is 0 Å². The molecule has 5 nitrogen and oxygen atoms in total. The summed E-state index contributed by atoms with van der Waals surface area (Å²) in [5.74, 6) is 1.09. The monoisotopic (exact) mass is 302 g/mol. The van der Waals surface area contributed by atoms with Gasteiger partial charge >= 0.3 is 0 Å². The molecule has 1 saturated carbocycles. The van der Waals surface area contributed by atoms with Gasteiger partial charge < -0.3 is 23.7 Å². The Bertz CT molecular complexity index is 247. The van der Waals surface area contributed by atoms with Gasteiger partial charge in [-0.25, -0.2) is 0 Å². The van der Waals surface area contributed by atoms with E-state index in [4.69, 9.17) is 23.7 Å². The SMILES string of the molecule is CCOCCOCC1CC2OC2CC1COCCOCC. The van der Waals surface area contributed by atoms with E-state index in [0.29, 0.717) is 50.5 Å². The summed E-state index contributed by atoms with van der Waals surface area (Å²) in [5.41, 5.74) is 0. The maximum Gasteiger partial charge on any atom is 0.0845 e. The molecule has 1 aliphatic heterocycles. The minimum absolute atomic E-state index is 0.477. The maximum atomic E-state index is 5.76. The number of epoxide rings is 1. The van der Waals surface area contributed by atoms with Crippen LogP contribution in [0, 0.1) is 11.8 Å². The zero-order valence-corrected chi connectivity index (χ0v) is 13.4. The van der Waals surface area contributed by atoms with E-state index in [0.717, 1.165) is 39.3 Å². The zero-order valence-electron chi connectivity index (χ0n) is 13.4. The van der Waals surface area contributed by atoms with Crippen molar-refractivity contribution in [1.29, 1.82) is 0 Å². The predicted molar refractivity (Wildman–Crippen MR) is 79.5 cm³/mol. The van der Waals surface area contributed by atoms with E-state index in [1.165, 1.54) is 0 Å². The predicted octanol–water partition coefficient (Wildman–Crippen LogP) is 1.89. The molecule has 1 aliphatic carbocycles. The molecular formula is C16H30O5. The van der Waals surface area contributed by atoms with Crippen molar-refractivity contribution >= 4 is 0 Å². The lowest BCUT2D eigenvalue weighted by atomic mass is 9.80. The average molecular weight is 302 g/mol. The highest BCUT2D eigenvalue weighted by atomic mass is 16.6. The molecule has 0 spiro atoms. The molecule has 21 heavy (non-hydrogen) atoms. The number of ether oxygens (including phenoxy) is 5. The van der Waals surface area contributed by atoms with Gasteiger partial charge in [-0.2, -0.15) is 0 Å². The van der Waals surface area contributed by atoms with Crippen molar-refractivity contribution < 1.29 is 23.7 Å². The van der Waals surface area contributed by atoms with Gasteiger partial charge in [0, 0.05) is 26.4 Å². The average Bonchev–Trinajstić information content (AvgIpc) is 3.24. The van der Waals surface area contributed by atoms with Crippen LogP contribution in [0.4, 0.5) is 0 Å². The molecule has 0 aromatic heterocycles. The third-order valence-electron chi connectivity index (χ3n) is 4.24. The van der Waals surface area contributed by atoms with Crippen LogP contribution in [-0.4, -0.2) is 65.1 Å². The first-order valence-corrected chi connectivity index (χ1v) is 8.31. The molecule has 0 aromatic rings. The van der Waals surface area contributed by atoms with Gasteiger partial charge in [0.05, 0.1) is 38.6 Å². The molecule has 0 radical (unpaired) electrons. The quantitative estimate of drug-likeness (QED) is 0.407. The van der Waals surface area contributed by atoms with Gasteiger partial charge in [-0.1, -0.05) is 0 Å². The van der Waals surface area contributed by atoms with Crippen LogP contribution < -0.4 is 0 Å². The highest BCUT2D eigenvalue weighted by Gasteiger charge is 2.48. The molecule has 2 rings (SSSR count). The molecule has 0 amide bonds. The molecule has 1 heterocycles. The summed E-state index contributed by atoms with van der Waals surface area (Å²) >= 11 is 0. The van der Waals surface area contributed by atoms with Crippen molar-refractivity contribution in [2.45, 2.75) is 38.9 Å². The largest absolute Gasteiger partial charge is 0.379 e. The Hall–Kier alpha value is -0.200. The maximum absolute atomic E-state index is 5.76. The Kier molecular flexibility index (Phi) is 7.96. The fraction of sp³-hybridized carbons (Fsp3) is 1.00. The van der Waals surface area contributed by atoms with Crippen LogP contribution in [0.15, 0.2) is 0 Å². The number of fused-ring (bicyclic) bond motifs is 1. The third-order valence-corrected chi connectivity index (χ3v) is 4.24. The molecule has 4 unspecified atom stereocenters. The summed E-state index contributed by atoms with van der Waals surface area (Å²) in [4.78, 5) is 0. The van der Waals surface area contributed by atoms with Crippen molar-refractivity contribution in [1.82, 2.24) is 0 Å². The normalized spacial score (nSPS) is 31.1. The van der Waals surface area contributed by atoms with Crippen molar-refractivity contribution in [3.8, 4) is 0 Å². The lowest BCUT2D eigenvalue weighted by molar-refractivity contribution is -0.0106. The van der Waals surface area contributed by atoms with Crippen LogP contribution in [0.2, 0.25) is 0 Å². The van der Waals surface area contributed by atoms with Gasteiger partial charge in [0.2, 0.25) is 0 Å². The number of rotatable bonds is 12. The van der Waals surface area contributed by atoms with E-state index in [1.807, 2.05) is 13.8 Å². The first-order chi connectivity index (χ1) is 10.3. The van der Waals surface area contributed by atoms with Gasteiger partial charge in [-0.05, 0) is 38.5 Å². The highest BCUT2D eigenvalue weighted by molar-refractivity contribution is 4.95. The molecule has 5 heteroatoms. The van der Waals surface area contributed by atoms with Crippen LogP contribution in [-0.2, 0) is 23.7 Å². The van der Waals surface area contributed by atoms with Gasteiger partial charge in [0.25, 0.3) is 0 Å². The van der Waals surface area contributed by atoms with Crippen LogP contribution in [0.1, 0.15) is 26.7 Å². The molecule has 0 bridgehead atoms. The highest BCUT2D eigenvalue weighted by Crippen LogP contribution is 2.43.